The molecule has 1 aliphatic rings. The number of likely N-dealkylation sites (tertiary alicyclic amines) is 1. The molecule has 2 aromatic rings. The molecule has 1 aromatic carbocycles. The van der Waals surface area contributed by atoms with E-state index in [2.05, 4.69) is 15.9 Å². The maximum atomic E-state index is 13.6. The SMILES string of the molecule is CC(C)CC1(C(=O)O)CC(C(=O)O)C(c2ccco2)N1C(=O)c1cccc(Br)c1. The van der Waals surface area contributed by atoms with Gasteiger partial charge in [0, 0.05) is 10.0 Å². The van der Waals surface area contributed by atoms with Gasteiger partial charge in [0.15, 0.2) is 0 Å². The molecule has 154 valence electrons. The van der Waals surface area contributed by atoms with Crippen LogP contribution in [0.25, 0.3) is 0 Å². The number of nitrogens with zero attached hydrogens (tertiary/aromatic N) is 1. The summed E-state index contributed by atoms with van der Waals surface area (Å²) < 4.78 is 6.12. The van der Waals surface area contributed by atoms with E-state index in [-0.39, 0.29) is 30.1 Å². The van der Waals surface area contributed by atoms with Crippen molar-refractivity contribution in [1.29, 1.82) is 0 Å². The van der Waals surface area contributed by atoms with Gasteiger partial charge in [0.25, 0.3) is 5.91 Å². The predicted molar refractivity (Wildman–Crippen MR) is 107 cm³/mol. The largest absolute Gasteiger partial charge is 0.481 e. The number of amides is 1. The van der Waals surface area contributed by atoms with E-state index in [4.69, 9.17) is 4.42 Å². The maximum absolute atomic E-state index is 13.6. The van der Waals surface area contributed by atoms with Gasteiger partial charge in [0.05, 0.1) is 12.2 Å². The normalized spacial score (nSPS) is 24.1. The van der Waals surface area contributed by atoms with Gasteiger partial charge in [0.1, 0.15) is 17.3 Å². The summed E-state index contributed by atoms with van der Waals surface area (Å²) in [7, 11) is 0. The first kappa shape index (κ1) is 21.1. The van der Waals surface area contributed by atoms with Gasteiger partial charge in [-0.25, -0.2) is 4.79 Å². The van der Waals surface area contributed by atoms with Gasteiger partial charge in [0.2, 0.25) is 0 Å². The van der Waals surface area contributed by atoms with Crippen LogP contribution < -0.4 is 0 Å². The lowest BCUT2D eigenvalue weighted by atomic mass is 9.83. The van der Waals surface area contributed by atoms with Gasteiger partial charge in [-0.15, -0.1) is 0 Å². The number of carboxylic acid groups (broad SMARTS) is 2. The summed E-state index contributed by atoms with van der Waals surface area (Å²) in [5.74, 6) is -3.84. The minimum absolute atomic E-state index is 0.0753. The highest BCUT2D eigenvalue weighted by atomic mass is 79.9. The van der Waals surface area contributed by atoms with E-state index in [1.807, 2.05) is 13.8 Å². The van der Waals surface area contributed by atoms with E-state index < -0.39 is 35.3 Å². The average Bonchev–Trinajstić information content (AvgIpc) is 3.27. The lowest BCUT2D eigenvalue weighted by molar-refractivity contribution is -0.150. The average molecular weight is 464 g/mol. The van der Waals surface area contributed by atoms with Crippen molar-refractivity contribution in [2.24, 2.45) is 11.8 Å². The molecule has 2 heterocycles. The second kappa shape index (κ2) is 8.02. The number of halogens is 1. The molecule has 3 atom stereocenters. The molecular formula is C21H22BrNO6. The van der Waals surface area contributed by atoms with Crippen LogP contribution >= 0.6 is 15.9 Å². The van der Waals surface area contributed by atoms with Crippen LogP contribution in [0, 0.1) is 11.8 Å². The molecule has 8 heteroatoms. The Morgan fingerprint density at radius 2 is 1.97 bits per heavy atom. The van der Waals surface area contributed by atoms with Crippen LogP contribution in [0.1, 0.15) is 48.8 Å². The van der Waals surface area contributed by atoms with Gasteiger partial charge in [-0.2, -0.15) is 0 Å². The molecule has 3 unspecified atom stereocenters. The Balaban J connectivity index is 2.22. The molecule has 1 fully saturated rings. The summed E-state index contributed by atoms with van der Waals surface area (Å²) >= 11 is 3.33. The number of carboxylic acids is 2. The number of carbonyl (C=O) groups excluding carboxylic acids is 1. The Bertz CT molecular complexity index is 925. The molecule has 2 N–H and O–H groups in total. The van der Waals surface area contributed by atoms with Crippen LogP contribution in [0.15, 0.2) is 51.6 Å². The molecule has 0 spiro atoms. The lowest BCUT2D eigenvalue weighted by Gasteiger charge is -2.38. The van der Waals surface area contributed by atoms with E-state index in [1.165, 1.54) is 11.2 Å². The first-order chi connectivity index (χ1) is 13.7. The Hall–Kier alpha value is -2.61. The zero-order chi connectivity index (χ0) is 21.3. The topological polar surface area (TPSA) is 108 Å². The zero-order valence-corrected chi connectivity index (χ0v) is 17.6. The van der Waals surface area contributed by atoms with Crippen molar-refractivity contribution >= 4 is 33.8 Å². The van der Waals surface area contributed by atoms with E-state index in [0.29, 0.717) is 4.47 Å². The highest BCUT2D eigenvalue weighted by molar-refractivity contribution is 9.10. The lowest BCUT2D eigenvalue weighted by Crippen LogP contribution is -2.54. The minimum atomic E-state index is -1.66. The van der Waals surface area contributed by atoms with Crippen molar-refractivity contribution in [3.63, 3.8) is 0 Å². The van der Waals surface area contributed by atoms with E-state index >= 15 is 0 Å². The molecule has 0 aliphatic carbocycles. The summed E-state index contributed by atoms with van der Waals surface area (Å²) in [4.78, 5) is 39.4. The molecule has 0 radical (unpaired) electrons. The molecule has 0 bridgehead atoms. The van der Waals surface area contributed by atoms with Crippen molar-refractivity contribution in [2.45, 2.75) is 38.3 Å². The van der Waals surface area contributed by atoms with E-state index in [1.54, 1.807) is 36.4 Å². The summed E-state index contributed by atoms with van der Waals surface area (Å²) in [5.41, 5.74) is -1.38. The molecule has 1 amide bonds. The Morgan fingerprint density at radius 3 is 2.48 bits per heavy atom. The van der Waals surface area contributed by atoms with Crippen molar-refractivity contribution in [2.75, 3.05) is 0 Å². The Labute approximate surface area is 176 Å². The number of furan rings is 1. The van der Waals surface area contributed by atoms with Gasteiger partial charge < -0.3 is 19.5 Å². The molecule has 1 aromatic heterocycles. The molecule has 1 saturated heterocycles. The van der Waals surface area contributed by atoms with Crippen molar-refractivity contribution in [3.8, 4) is 0 Å². The number of hydrogen-bond donors (Lipinski definition) is 2. The summed E-state index contributed by atoms with van der Waals surface area (Å²) in [6.45, 7) is 3.70. The Kier molecular flexibility index (Phi) is 5.84. The third-order valence-corrected chi connectivity index (χ3v) is 5.76. The number of carbonyl (C=O) groups is 3. The van der Waals surface area contributed by atoms with Gasteiger partial charge in [-0.1, -0.05) is 35.8 Å². The van der Waals surface area contributed by atoms with E-state index in [9.17, 15) is 24.6 Å². The molecule has 0 saturated carbocycles. The van der Waals surface area contributed by atoms with Gasteiger partial charge in [-0.05, 0) is 49.1 Å². The number of hydrogen-bond acceptors (Lipinski definition) is 4. The van der Waals surface area contributed by atoms with Crippen LogP contribution in [0.4, 0.5) is 0 Å². The first-order valence-electron chi connectivity index (χ1n) is 9.26. The van der Waals surface area contributed by atoms with Crippen LogP contribution in [0.3, 0.4) is 0 Å². The fraction of sp³-hybridized carbons (Fsp3) is 0.381. The minimum Gasteiger partial charge on any atom is -0.481 e. The van der Waals surface area contributed by atoms with Crippen LogP contribution in [-0.4, -0.2) is 38.5 Å². The third kappa shape index (κ3) is 3.81. The zero-order valence-electron chi connectivity index (χ0n) is 16.0. The maximum Gasteiger partial charge on any atom is 0.329 e. The Morgan fingerprint density at radius 1 is 1.24 bits per heavy atom. The second-order valence-electron chi connectivity index (χ2n) is 7.73. The van der Waals surface area contributed by atoms with Crippen molar-refractivity contribution in [3.05, 3.63) is 58.5 Å². The number of aliphatic carboxylic acids is 2. The summed E-state index contributed by atoms with van der Waals surface area (Å²) in [5, 5.41) is 20.1. The molecule has 29 heavy (non-hydrogen) atoms. The molecular weight excluding hydrogens is 442 g/mol. The fourth-order valence-electron chi connectivity index (χ4n) is 4.24. The fourth-order valence-corrected chi connectivity index (χ4v) is 4.64. The standard InChI is InChI=1S/C21H22BrNO6/c1-12(2)10-21(20(27)28)11-15(19(25)26)17(16-7-4-8-29-16)23(21)18(24)13-5-3-6-14(22)9-13/h3-9,12,15,17H,10-11H2,1-2H3,(H,25,26)(H,27,28). The number of benzene rings is 1. The summed E-state index contributed by atoms with van der Waals surface area (Å²) in [6.07, 6.45) is 1.32. The first-order valence-corrected chi connectivity index (χ1v) is 10.1. The molecule has 7 nitrogen and oxygen atoms in total. The van der Waals surface area contributed by atoms with Gasteiger partial charge in [-0.3, -0.25) is 9.59 Å². The number of rotatable bonds is 6. The monoisotopic (exact) mass is 463 g/mol. The smallest absolute Gasteiger partial charge is 0.329 e. The molecule has 3 rings (SSSR count). The molecule has 1 aliphatic heterocycles. The van der Waals surface area contributed by atoms with Crippen molar-refractivity contribution in [1.82, 2.24) is 4.90 Å². The summed E-state index contributed by atoms with van der Waals surface area (Å²) in [6, 6.07) is 8.76. The third-order valence-electron chi connectivity index (χ3n) is 5.26. The second-order valence-corrected chi connectivity index (χ2v) is 8.64. The van der Waals surface area contributed by atoms with Crippen LogP contribution in [-0.2, 0) is 9.59 Å². The van der Waals surface area contributed by atoms with Gasteiger partial charge >= 0.3 is 11.9 Å². The quantitative estimate of drug-likeness (QED) is 0.664. The van der Waals surface area contributed by atoms with Crippen LogP contribution in [0.2, 0.25) is 0 Å². The highest BCUT2D eigenvalue weighted by Gasteiger charge is 2.61. The highest BCUT2D eigenvalue weighted by Crippen LogP contribution is 2.50. The van der Waals surface area contributed by atoms with Crippen LogP contribution in [0.5, 0.6) is 0 Å². The van der Waals surface area contributed by atoms with E-state index in [0.717, 1.165) is 0 Å². The predicted octanol–water partition coefficient (Wildman–Crippen LogP) is 4.20. The van der Waals surface area contributed by atoms with Crippen molar-refractivity contribution < 1.29 is 29.0 Å².